The first-order chi connectivity index (χ1) is 15.3. The molecule has 0 aliphatic heterocycles. The molecule has 4 rings (SSSR count). The van der Waals surface area contributed by atoms with Crippen LogP contribution in [0.25, 0.3) is 16.7 Å². The monoisotopic (exact) mass is 471 g/mol. The van der Waals surface area contributed by atoms with Gasteiger partial charge >= 0.3 is 0 Å². The maximum absolute atomic E-state index is 13.5. The van der Waals surface area contributed by atoms with Crippen molar-refractivity contribution in [2.75, 3.05) is 5.73 Å². The number of nitrogen functional groups attached to an aromatic ring is 1. The lowest BCUT2D eigenvalue weighted by Gasteiger charge is -2.13. The van der Waals surface area contributed by atoms with Gasteiger partial charge in [-0.1, -0.05) is 42.4 Å². The molecule has 0 fully saturated rings. The fourth-order valence-electron chi connectivity index (χ4n) is 3.79. The molecule has 0 atom stereocenters. The SMILES string of the molecule is CCCCC[n+]1c(N)c(S(=O)(=O)c2ccc(Cl)cc2)cc2c(=O)n3cccc(C)c3nc21. The largest absolute Gasteiger partial charge is 0.317 e. The second-order valence-corrected chi connectivity index (χ2v) is 10.1. The van der Waals surface area contributed by atoms with Gasteiger partial charge in [0.2, 0.25) is 21.3 Å². The van der Waals surface area contributed by atoms with E-state index in [2.05, 4.69) is 6.92 Å². The Labute approximate surface area is 191 Å². The Morgan fingerprint density at radius 1 is 1.16 bits per heavy atom. The first-order valence-electron chi connectivity index (χ1n) is 10.4. The highest BCUT2D eigenvalue weighted by molar-refractivity contribution is 7.91. The van der Waals surface area contributed by atoms with Gasteiger partial charge in [-0.25, -0.2) is 13.0 Å². The Balaban J connectivity index is 2.07. The molecule has 3 heterocycles. The molecule has 0 unspecified atom stereocenters. The number of unbranched alkanes of at least 4 members (excludes halogenated alkanes) is 2. The summed E-state index contributed by atoms with van der Waals surface area (Å²) in [7, 11) is -3.99. The zero-order chi connectivity index (χ0) is 23.0. The second kappa shape index (κ2) is 8.52. The summed E-state index contributed by atoms with van der Waals surface area (Å²) in [6.45, 7) is 4.40. The van der Waals surface area contributed by atoms with E-state index in [1.165, 1.54) is 34.7 Å². The van der Waals surface area contributed by atoms with Crippen molar-refractivity contribution in [1.82, 2.24) is 9.38 Å². The maximum atomic E-state index is 13.5. The molecule has 0 saturated carbocycles. The van der Waals surface area contributed by atoms with E-state index in [-0.39, 0.29) is 26.6 Å². The van der Waals surface area contributed by atoms with Crippen LogP contribution in [0.5, 0.6) is 0 Å². The van der Waals surface area contributed by atoms with Gasteiger partial charge in [0.15, 0.2) is 0 Å². The molecule has 4 aromatic rings. The summed E-state index contributed by atoms with van der Waals surface area (Å²) in [5, 5.41) is 0.626. The summed E-state index contributed by atoms with van der Waals surface area (Å²) in [4.78, 5) is 18.0. The van der Waals surface area contributed by atoms with E-state index in [1.54, 1.807) is 16.8 Å². The number of nitrogens with two attached hydrogens (primary N) is 1. The molecule has 32 heavy (non-hydrogen) atoms. The quantitative estimate of drug-likeness (QED) is 0.262. The highest BCUT2D eigenvalue weighted by Crippen LogP contribution is 2.27. The second-order valence-electron chi connectivity index (χ2n) is 7.75. The van der Waals surface area contributed by atoms with Gasteiger partial charge < -0.3 is 5.73 Å². The highest BCUT2D eigenvalue weighted by Gasteiger charge is 2.29. The predicted octanol–water partition coefficient (Wildman–Crippen LogP) is 3.70. The number of sulfone groups is 1. The van der Waals surface area contributed by atoms with Crippen LogP contribution in [-0.4, -0.2) is 17.8 Å². The summed E-state index contributed by atoms with van der Waals surface area (Å²) in [5.41, 5.74) is 7.82. The zero-order valence-corrected chi connectivity index (χ0v) is 19.4. The van der Waals surface area contributed by atoms with E-state index in [1.807, 2.05) is 13.0 Å². The van der Waals surface area contributed by atoms with Crippen LogP contribution in [0.4, 0.5) is 5.82 Å². The van der Waals surface area contributed by atoms with Gasteiger partial charge in [-0.05, 0) is 49.7 Å². The number of halogens is 1. The Hall–Kier alpha value is -2.97. The molecule has 1 aromatic carbocycles. The summed E-state index contributed by atoms with van der Waals surface area (Å²) < 4.78 is 30.0. The third-order valence-electron chi connectivity index (χ3n) is 5.54. The fraction of sp³-hybridized carbons (Fsp3) is 0.261. The van der Waals surface area contributed by atoms with Gasteiger partial charge in [-0.3, -0.25) is 9.20 Å². The van der Waals surface area contributed by atoms with Crippen LogP contribution in [0, 0.1) is 6.92 Å². The van der Waals surface area contributed by atoms with E-state index in [4.69, 9.17) is 22.3 Å². The molecule has 0 bridgehead atoms. The Kier molecular flexibility index (Phi) is 5.92. The van der Waals surface area contributed by atoms with Crippen LogP contribution in [0.1, 0.15) is 31.7 Å². The van der Waals surface area contributed by atoms with Gasteiger partial charge in [-0.2, -0.15) is 0 Å². The number of aryl methyl sites for hydroxylation is 2. The molecule has 0 aliphatic carbocycles. The molecule has 0 saturated heterocycles. The predicted molar refractivity (Wildman–Crippen MR) is 125 cm³/mol. The Morgan fingerprint density at radius 2 is 1.88 bits per heavy atom. The van der Waals surface area contributed by atoms with Gasteiger partial charge in [0.05, 0.1) is 11.4 Å². The lowest BCUT2D eigenvalue weighted by molar-refractivity contribution is -0.660. The van der Waals surface area contributed by atoms with E-state index in [0.29, 0.717) is 22.9 Å². The van der Waals surface area contributed by atoms with E-state index >= 15 is 0 Å². The topological polar surface area (TPSA) is 98.4 Å². The van der Waals surface area contributed by atoms with E-state index in [0.717, 1.165) is 24.8 Å². The van der Waals surface area contributed by atoms with Crippen molar-refractivity contribution >= 4 is 43.9 Å². The molecule has 0 radical (unpaired) electrons. The van der Waals surface area contributed by atoms with Crippen LogP contribution >= 0.6 is 11.6 Å². The van der Waals surface area contributed by atoms with Gasteiger partial charge in [0.25, 0.3) is 11.2 Å². The summed E-state index contributed by atoms with van der Waals surface area (Å²) in [5.74, 6) is 0.0633. The zero-order valence-electron chi connectivity index (χ0n) is 17.9. The maximum Gasteiger partial charge on any atom is 0.278 e. The molecular formula is C23H24ClN4O3S+. The van der Waals surface area contributed by atoms with Crippen LogP contribution in [0.2, 0.25) is 5.02 Å². The third kappa shape index (κ3) is 3.73. The minimum atomic E-state index is -3.99. The standard InChI is InChI=1S/C23H23ClN4O3S/c1-3-4-5-12-27-20(25)19(32(30,31)17-10-8-16(24)9-11-17)14-18-22(27)26-21-15(2)7-6-13-28(21)23(18)29/h6-11,13-14,25H,3-5,12H2,1-2H3/p+1. The van der Waals surface area contributed by atoms with Crippen LogP contribution in [0.15, 0.2) is 63.2 Å². The van der Waals surface area contributed by atoms with Crippen molar-refractivity contribution in [3.8, 4) is 0 Å². The van der Waals surface area contributed by atoms with Crippen molar-refractivity contribution < 1.29 is 13.0 Å². The first kappa shape index (κ1) is 22.2. The molecule has 7 nitrogen and oxygen atoms in total. The van der Waals surface area contributed by atoms with Crippen molar-refractivity contribution in [2.24, 2.45) is 0 Å². The Bertz CT molecular complexity index is 1500. The smallest absolute Gasteiger partial charge is 0.278 e. The summed E-state index contributed by atoms with van der Waals surface area (Å²) in [6, 6.07) is 10.8. The molecule has 0 aliphatic rings. The molecule has 166 valence electrons. The van der Waals surface area contributed by atoms with Gasteiger partial charge in [0, 0.05) is 16.8 Å². The third-order valence-corrected chi connectivity index (χ3v) is 7.59. The van der Waals surface area contributed by atoms with Crippen molar-refractivity contribution in [3.63, 3.8) is 0 Å². The minimum Gasteiger partial charge on any atom is -0.317 e. The molecule has 9 heteroatoms. The number of fused-ring (bicyclic) bond motifs is 2. The van der Waals surface area contributed by atoms with Crippen molar-refractivity contribution in [3.05, 3.63) is 69.6 Å². The summed E-state index contributed by atoms with van der Waals surface area (Å²) >= 11 is 5.93. The number of hydrogen-bond acceptors (Lipinski definition) is 5. The number of hydrogen-bond donors (Lipinski definition) is 1. The normalized spacial score (nSPS) is 12.0. The highest BCUT2D eigenvalue weighted by atomic mass is 35.5. The summed E-state index contributed by atoms with van der Waals surface area (Å²) in [6.07, 6.45) is 4.33. The van der Waals surface area contributed by atoms with Gasteiger partial charge in [-0.15, -0.1) is 0 Å². The first-order valence-corrected chi connectivity index (χ1v) is 12.3. The van der Waals surface area contributed by atoms with Crippen LogP contribution in [-0.2, 0) is 16.4 Å². The number of aromatic nitrogens is 3. The number of pyridine rings is 2. The van der Waals surface area contributed by atoms with E-state index < -0.39 is 9.84 Å². The average Bonchev–Trinajstić information content (AvgIpc) is 2.76. The molecular weight excluding hydrogens is 448 g/mol. The van der Waals surface area contributed by atoms with Crippen molar-refractivity contribution in [1.29, 1.82) is 0 Å². The number of anilines is 1. The van der Waals surface area contributed by atoms with Gasteiger partial charge in [0.1, 0.15) is 10.3 Å². The molecule has 3 aromatic heterocycles. The molecule has 2 N–H and O–H groups in total. The molecule has 0 amide bonds. The van der Waals surface area contributed by atoms with Crippen molar-refractivity contribution in [2.45, 2.75) is 49.4 Å². The fourth-order valence-corrected chi connectivity index (χ4v) is 5.32. The van der Waals surface area contributed by atoms with Crippen LogP contribution in [0.3, 0.4) is 0 Å². The van der Waals surface area contributed by atoms with Crippen LogP contribution < -0.4 is 15.9 Å². The Morgan fingerprint density at radius 3 is 2.56 bits per heavy atom. The lowest BCUT2D eigenvalue weighted by atomic mass is 10.2. The lowest BCUT2D eigenvalue weighted by Crippen LogP contribution is -2.41. The number of rotatable bonds is 6. The number of nitrogens with zero attached hydrogens (tertiary/aromatic N) is 3. The van der Waals surface area contributed by atoms with E-state index in [9.17, 15) is 13.2 Å². The minimum absolute atomic E-state index is 0.0535. The average molecular weight is 472 g/mol. The number of benzene rings is 1. The molecule has 0 spiro atoms.